The molecule has 1 aromatic carbocycles. The van der Waals surface area contributed by atoms with E-state index in [1.165, 1.54) is 0 Å². The monoisotopic (exact) mass is 248 g/mol. The first-order valence-corrected chi connectivity index (χ1v) is 6.36. The summed E-state index contributed by atoms with van der Waals surface area (Å²) in [5.41, 5.74) is 0.422. The van der Waals surface area contributed by atoms with E-state index >= 15 is 0 Å². The molecule has 1 unspecified atom stereocenters. The molecule has 4 nitrogen and oxygen atoms in total. The fourth-order valence-electron chi connectivity index (χ4n) is 2.26. The fraction of sp³-hybridized carbons (Fsp3) is 0.500. The molecule has 1 amide bonds. The Kier molecular flexibility index (Phi) is 3.99. The molecule has 0 saturated carbocycles. The van der Waals surface area contributed by atoms with Crippen molar-refractivity contribution in [3.8, 4) is 0 Å². The summed E-state index contributed by atoms with van der Waals surface area (Å²) < 4.78 is 0. The minimum absolute atomic E-state index is 0.210. The predicted octanol–water partition coefficient (Wildman–Crippen LogP) is 0.978. The standard InChI is InChI=1S/C14H20N2O2/c1-14(7-9-15-10-8-14)16-13(18)12(17)11-5-3-2-4-6-11/h2-6,12,15,17H,7-10H2,1H3,(H,16,18). The molecule has 1 aliphatic rings. The molecule has 1 fully saturated rings. The number of benzene rings is 1. The molecule has 0 spiro atoms. The first-order chi connectivity index (χ1) is 8.61. The third-order valence-electron chi connectivity index (χ3n) is 3.50. The summed E-state index contributed by atoms with van der Waals surface area (Å²) >= 11 is 0. The molecular weight excluding hydrogens is 228 g/mol. The van der Waals surface area contributed by atoms with Crippen molar-refractivity contribution >= 4 is 5.91 Å². The highest BCUT2D eigenvalue weighted by Gasteiger charge is 2.30. The molecule has 0 bridgehead atoms. The highest BCUT2D eigenvalue weighted by molar-refractivity contribution is 5.82. The second-order valence-electron chi connectivity index (χ2n) is 5.11. The van der Waals surface area contributed by atoms with Crippen LogP contribution >= 0.6 is 0 Å². The topological polar surface area (TPSA) is 61.4 Å². The largest absolute Gasteiger partial charge is 0.378 e. The molecule has 3 N–H and O–H groups in total. The highest BCUT2D eigenvalue weighted by atomic mass is 16.3. The molecular formula is C14H20N2O2. The van der Waals surface area contributed by atoms with Gasteiger partial charge in [-0.1, -0.05) is 30.3 Å². The third kappa shape index (κ3) is 3.09. The molecule has 0 radical (unpaired) electrons. The molecule has 1 aliphatic heterocycles. The van der Waals surface area contributed by atoms with Gasteiger partial charge in [0, 0.05) is 5.54 Å². The van der Waals surface area contributed by atoms with Gasteiger partial charge in [-0.05, 0) is 38.4 Å². The van der Waals surface area contributed by atoms with Crippen molar-refractivity contribution in [2.45, 2.75) is 31.4 Å². The third-order valence-corrected chi connectivity index (χ3v) is 3.50. The zero-order valence-corrected chi connectivity index (χ0v) is 10.6. The Hall–Kier alpha value is -1.39. The summed E-state index contributed by atoms with van der Waals surface area (Å²) in [7, 11) is 0. The van der Waals surface area contributed by atoms with Crippen LogP contribution in [-0.2, 0) is 4.79 Å². The minimum Gasteiger partial charge on any atom is -0.378 e. The van der Waals surface area contributed by atoms with Crippen LogP contribution < -0.4 is 10.6 Å². The van der Waals surface area contributed by atoms with Crippen molar-refractivity contribution in [3.63, 3.8) is 0 Å². The Balaban J connectivity index is 1.99. The number of amides is 1. The number of carbonyl (C=O) groups is 1. The van der Waals surface area contributed by atoms with Crippen LogP contribution in [0.2, 0.25) is 0 Å². The lowest BCUT2D eigenvalue weighted by Crippen LogP contribution is -2.53. The molecule has 1 saturated heterocycles. The number of hydrogen-bond acceptors (Lipinski definition) is 3. The number of rotatable bonds is 3. The van der Waals surface area contributed by atoms with Crippen LogP contribution in [0.15, 0.2) is 30.3 Å². The molecule has 2 rings (SSSR count). The quantitative estimate of drug-likeness (QED) is 0.747. The lowest BCUT2D eigenvalue weighted by atomic mass is 9.90. The zero-order chi connectivity index (χ0) is 13.0. The SMILES string of the molecule is CC1(NC(=O)C(O)c2ccccc2)CCNCC1. The summed E-state index contributed by atoms with van der Waals surface area (Å²) in [6.07, 6.45) is 0.693. The predicted molar refractivity (Wildman–Crippen MR) is 70.1 cm³/mol. The van der Waals surface area contributed by atoms with Crippen LogP contribution in [0.1, 0.15) is 31.4 Å². The van der Waals surface area contributed by atoms with Gasteiger partial charge in [-0.15, -0.1) is 0 Å². The van der Waals surface area contributed by atoms with E-state index in [0.717, 1.165) is 25.9 Å². The number of hydrogen-bond donors (Lipinski definition) is 3. The number of aliphatic hydroxyl groups excluding tert-OH is 1. The van der Waals surface area contributed by atoms with E-state index in [1.54, 1.807) is 12.1 Å². The molecule has 1 atom stereocenters. The summed E-state index contributed by atoms with van der Waals surface area (Å²) in [4.78, 5) is 12.0. The number of nitrogens with one attached hydrogen (secondary N) is 2. The van der Waals surface area contributed by atoms with Crippen LogP contribution in [0.5, 0.6) is 0 Å². The normalized spacial score (nSPS) is 20.1. The van der Waals surface area contributed by atoms with E-state index in [1.807, 2.05) is 25.1 Å². The highest BCUT2D eigenvalue weighted by Crippen LogP contribution is 2.20. The van der Waals surface area contributed by atoms with Crippen molar-refractivity contribution in [2.24, 2.45) is 0 Å². The van der Waals surface area contributed by atoms with E-state index in [9.17, 15) is 9.90 Å². The Morgan fingerprint density at radius 3 is 2.56 bits per heavy atom. The molecule has 18 heavy (non-hydrogen) atoms. The van der Waals surface area contributed by atoms with E-state index in [2.05, 4.69) is 10.6 Å². The van der Waals surface area contributed by atoms with E-state index in [-0.39, 0.29) is 11.4 Å². The van der Waals surface area contributed by atoms with Gasteiger partial charge in [0.15, 0.2) is 6.10 Å². The Morgan fingerprint density at radius 2 is 1.94 bits per heavy atom. The van der Waals surface area contributed by atoms with Gasteiger partial charge in [-0.3, -0.25) is 4.79 Å². The number of piperidine rings is 1. The van der Waals surface area contributed by atoms with Gasteiger partial charge in [-0.2, -0.15) is 0 Å². The van der Waals surface area contributed by atoms with Gasteiger partial charge < -0.3 is 15.7 Å². The van der Waals surface area contributed by atoms with Crippen molar-refractivity contribution in [2.75, 3.05) is 13.1 Å². The van der Waals surface area contributed by atoms with Gasteiger partial charge in [0.1, 0.15) is 0 Å². The Morgan fingerprint density at radius 1 is 1.33 bits per heavy atom. The summed E-state index contributed by atoms with van der Waals surface area (Å²) in [6.45, 7) is 3.83. The second-order valence-corrected chi connectivity index (χ2v) is 5.11. The van der Waals surface area contributed by atoms with Crippen molar-refractivity contribution < 1.29 is 9.90 Å². The maximum Gasteiger partial charge on any atom is 0.253 e. The molecule has 98 valence electrons. The van der Waals surface area contributed by atoms with Crippen LogP contribution in [-0.4, -0.2) is 29.6 Å². The van der Waals surface area contributed by atoms with Crippen molar-refractivity contribution in [3.05, 3.63) is 35.9 Å². The Bertz CT molecular complexity index is 400. The minimum atomic E-state index is -1.09. The average Bonchev–Trinajstić information content (AvgIpc) is 2.39. The van der Waals surface area contributed by atoms with Crippen LogP contribution in [0.3, 0.4) is 0 Å². The fourth-order valence-corrected chi connectivity index (χ4v) is 2.26. The molecule has 1 heterocycles. The van der Waals surface area contributed by atoms with Gasteiger partial charge in [0.05, 0.1) is 0 Å². The number of aliphatic hydroxyl groups is 1. The van der Waals surface area contributed by atoms with Gasteiger partial charge >= 0.3 is 0 Å². The maximum atomic E-state index is 12.0. The average molecular weight is 248 g/mol. The van der Waals surface area contributed by atoms with Crippen molar-refractivity contribution in [1.29, 1.82) is 0 Å². The molecule has 0 aliphatic carbocycles. The first-order valence-electron chi connectivity index (χ1n) is 6.36. The lowest BCUT2D eigenvalue weighted by Gasteiger charge is -2.35. The summed E-state index contributed by atoms with van der Waals surface area (Å²) in [5.74, 6) is -0.314. The van der Waals surface area contributed by atoms with Crippen LogP contribution in [0.25, 0.3) is 0 Å². The maximum absolute atomic E-state index is 12.0. The van der Waals surface area contributed by atoms with Gasteiger partial charge in [-0.25, -0.2) is 0 Å². The second kappa shape index (κ2) is 5.50. The van der Waals surface area contributed by atoms with E-state index in [0.29, 0.717) is 5.56 Å². The van der Waals surface area contributed by atoms with Crippen LogP contribution in [0, 0.1) is 0 Å². The first kappa shape index (κ1) is 13.1. The van der Waals surface area contributed by atoms with Crippen molar-refractivity contribution in [1.82, 2.24) is 10.6 Å². The zero-order valence-electron chi connectivity index (χ0n) is 10.6. The lowest BCUT2D eigenvalue weighted by molar-refractivity contribution is -0.131. The van der Waals surface area contributed by atoms with Gasteiger partial charge in [0.25, 0.3) is 5.91 Å². The molecule has 4 heteroatoms. The number of carbonyl (C=O) groups excluding carboxylic acids is 1. The summed E-state index contributed by atoms with van der Waals surface area (Å²) in [6, 6.07) is 9.02. The van der Waals surface area contributed by atoms with Crippen LogP contribution in [0.4, 0.5) is 0 Å². The summed E-state index contributed by atoms with van der Waals surface area (Å²) in [5, 5.41) is 16.2. The van der Waals surface area contributed by atoms with Gasteiger partial charge in [0.2, 0.25) is 0 Å². The Labute approximate surface area is 107 Å². The molecule has 1 aromatic rings. The van der Waals surface area contributed by atoms with E-state index < -0.39 is 6.10 Å². The smallest absolute Gasteiger partial charge is 0.253 e. The van der Waals surface area contributed by atoms with E-state index in [4.69, 9.17) is 0 Å². The molecule has 0 aromatic heterocycles.